The second kappa shape index (κ2) is 18.3. The first-order valence-corrected chi connectivity index (χ1v) is 22.1. The lowest BCUT2D eigenvalue weighted by Crippen LogP contribution is -2.57. The number of alkyl halides is 4. The Morgan fingerprint density at radius 1 is 0.924 bits per heavy atom. The summed E-state index contributed by atoms with van der Waals surface area (Å²) in [5, 5.41) is 0.0880. The van der Waals surface area contributed by atoms with E-state index in [-0.39, 0.29) is 66.8 Å². The number of nitrogens with zero attached hydrogens (tertiary/aromatic N) is 7. The van der Waals surface area contributed by atoms with Gasteiger partial charge in [-0.25, -0.2) is 18.6 Å². The van der Waals surface area contributed by atoms with Crippen molar-refractivity contribution in [3.05, 3.63) is 88.9 Å². The monoisotopic (exact) mass is 918 g/mol. The molecule has 3 fully saturated rings. The predicted molar refractivity (Wildman–Crippen MR) is 239 cm³/mol. The number of hydrogen-bond acceptors (Lipinski definition) is 12. The summed E-state index contributed by atoms with van der Waals surface area (Å²) < 4.78 is 101. The van der Waals surface area contributed by atoms with Crippen LogP contribution in [0.1, 0.15) is 75.1 Å². The summed E-state index contributed by atoms with van der Waals surface area (Å²) >= 11 is 0. The highest BCUT2D eigenvalue weighted by Gasteiger charge is 2.50. The topological polar surface area (TPSA) is 141 Å². The smallest absolute Gasteiger partial charge is 0.418 e. The minimum Gasteiger partial charge on any atom is -0.497 e. The maximum Gasteiger partial charge on any atom is 0.418 e. The molecule has 8 rings (SSSR count). The molecule has 352 valence electrons. The number of benzene rings is 2. The molecule has 18 heteroatoms. The number of amides is 1. The largest absolute Gasteiger partial charge is 0.497 e. The van der Waals surface area contributed by atoms with Crippen molar-refractivity contribution in [2.75, 3.05) is 50.3 Å². The number of pyridine rings is 2. The number of rotatable bonds is 13. The van der Waals surface area contributed by atoms with E-state index in [0.717, 1.165) is 17.5 Å². The average molecular weight is 919 g/mol. The van der Waals surface area contributed by atoms with Crippen LogP contribution < -0.4 is 29.7 Å². The lowest BCUT2D eigenvalue weighted by Gasteiger charge is -2.47. The third-order valence-electron chi connectivity index (χ3n) is 13.0. The van der Waals surface area contributed by atoms with Crippen LogP contribution in [-0.2, 0) is 24.0 Å². The van der Waals surface area contributed by atoms with Crippen molar-refractivity contribution in [2.45, 2.75) is 103 Å². The Balaban J connectivity index is 1.29. The van der Waals surface area contributed by atoms with Gasteiger partial charge in [-0.3, -0.25) is 9.88 Å². The van der Waals surface area contributed by atoms with E-state index >= 15 is 17.6 Å². The molecule has 13 nitrogen and oxygen atoms in total. The number of aryl methyl sites for hydroxylation is 1. The van der Waals surface area contributed by atoms with E-state index in [1.54, 1.807) is 43.4 Å². The summed E-state index contributed by atoms with van der Waals surface area (Å²) in [6, 6.07) is 15.1. The first-order chi connectivity index (χ1) is 31.4. The highest BCUT2D eigenvalue weighted by Crippen LogP contribution is 2.45. The van der Waals surface area contributed by atoms with E-state index in [9.17, 15) is 9.18 Å². The van der Waals surface area contributed by atoms with Gasteiger partial charge in [-0.2, -0.15) is 23.1 Å². The van der Waals surface area contributed by atoms with E-state index in [0.29, 0.717) is 43.9 Å². The summed E-state index contributed by atoms with van der Waals surface area (Å²) in [6.07, 6.45) is -3.61. The molecule has 3 aliphatic heterocycles. The van der Waals surface area contributed by atoms with Gasteiger partial charge in [-0.1, -0.05) is 45.0 Å². The molecule has 1 amide bonds. The molecule has 0 saturated carbocycles. The average Bonchev–Trinajstić information content (AvgIpc) is 3.80. The molecule has 3 saturated heterocycles. The fourth-order valence-corrected chi connectivity index (χ4v) is 10.1. The van der Waals surface area contributed by atoms with Crippen LogP contribution in [0.2, 0.25) is 0 Å². The number of nitrogens with two attached hydrogens (primary N) is 1. The van der Waals surface area contributed by atoms with Gasteiger partial charge < -0.3 is 34.5 Å². The SMILES string of the molecule is COc1ccc(CN(Cc2ccc(OC)cc2)c2cc(C)c(C(F)(F)F)c(-c3ncc4c(N5CCCC(OC(N)=O)[C@@H]5C(C)(C)C)nc(OC[C@@]56CCCN5C[C@H](F)C6)nc4c3F)n2)cc1. The fraction of sp³-hybridized carbons (Fsp3) is 0.479. The summed E-state index contributed by atoms with van der Waals surface area (Å²) in [4.78, 5) is 36.3. The van der Waals surface area contributed by atoms with Crippen LogP contribution in [0.5, 0.6) is 17.5 Å². The van der Waals surface area contributed by atoms with Gasteiger partial charge >= 0.3 is 18.3 Å². The van der Waals surface area contributed by atoms with Gasteiger partial charge in [0.05, 0.1) is 36.8 Å². The lowest BCUT2D eigenvalue weighted by atomic mass is 9.78. The Hall–Kier alpha value is -6.04. The number of carbonyl (C=O) groups is 1. The Morgan fingerprint density at radius 2 is 1.58 bits per heavy atom. The number of piperidine rings is 1. The van der Waals surface area contributed by atoms with Gasteiger partial charge in [0.15, 0.2) is 5.82 Å². The molecule has 6 heterocycles. The standard InChI is InChI=1S/C48H55F5N8O5/c1-28-21-36(59(24-29-10-14-32(63-5)15-11-29)25-30-12-16-33(64-6)17-13-30)56-40(37(28)48(51,52)53)41-38(50)39-34(23-55-41)43(61-20-7-9-35(66-44(54)62)42(61)46(2,3)4)58-45(57-39)65-27-47-18-8-19-60(47)26-31(49)22-47/h10-17,21,23,31,35,42H,7-9,18-20,22,24-27H2,1-6H3,(H2,54,62)/t31-,35?,42-,47+/m1/s1. The van der Waals surface area contributed by atoms with E-state index in [4.69, 9.17) is 29.7 Å². The lowest BCUT2D eigenvalue weighted by molar-refractivity contribution is -0.137. The maximum atomic E-state index is 17.7. The minimum absolute atomic E-state index is 0.00722. The van der Waals surface area contributed by atoms with Crippen molar-refractivity contribution in [2.24, 2.45) is 11.1 Å². The molecule has 3 aromatic heterocycles. The minimum atomic E-state index is -4.97. The third kappa shape index (κ3) is 9.46. The van der Waals surface area contributed by atoms with Gasteiger partial charge in [0.2, 0.25) is 0 Å². The quantitative estimate of drug-likeness (QED) is 0.113. The number of hydrogen-bond donors (Lipinski definition) is 1. The highest BCUT2D eigenvalue weighted by molar-refractivity contribution is 5.92. The molecule has 0 radical (unpaired) electrons. The number of carbonyl (C=O) groups excluding carboxylic acids is 1. The first-order valence-electron chi connectivity index (χ1n) is 22.1. The molecule has 66 heavy (non-hydrogen) atoms. The third-order valence-corrected chi connectivity index (χ3v) is 13.0. The number of aromatic nitrogens is 4. The zero-order chi connectivity index (χ0) is 47.1. The van der Waals surface area contributed by atoms with Crippen LogP contribution in [0, 0.1) is 18.2 Å². The van der Waals surface area contributed by atoms with Gasteiger partial charge in [-0.05, 0) is 91.6 Å². The van der Waals surface area contributed by atoms with Crippen molar-refractivity contribution in [3.63, 3.8) is 0 Å². The van der Waals surface area contributed by atoms with Crippen molar-refractivity contribution in [1.82, 2.24) is 24.8 Å². The highest BCUT2D eigenvalue weighted by atomic mass is 19.4. The number of anilines is 2. The molecular weight excluding hydrogens is 864 g/mol. The van der Waals surface area contributed by atoms with Crippen LogP contribution in [-0.4, -0.2) is 95.2 Å². The van der Waals surface area contributed by atoms with E-state index in [2.05, 4.69) is 19.9 Å². The molecule has 1 unspecified atom stereocenters. The number of ether oxygens (including phenoxy) is 4. The summed E-state index contributed by atoms with van der Waals surface area (Å²) in [6.45, 7) is 8.97. The Bertz CT molecular complexity index is 2510. The molecule has 5 aromatic rings. The van der Waals surface area contributed by atoms with Gasteiger partial charge in [-0.15, -0.1) is 0 Å². The van der Waals surface area contributed by atoms with E-state index in [1.807, 2.05) is 49.9 Å². The van der Waals surface area contributed by atoms with E-state index < -0.39 is 64.3 Å². The molecule has 4 atom stereocenters. The van der Waals surface area contributed by atoms with Crippen molar-refractivity contribution >= 4 is 28.6 Å². The molecular formula is C48H55F5N8O5. The maximum absolute atomic E-state index is 17.7. The van der Waals surface area contributed by atoms with Crippen molar-refractivity contribution in [1.29, 1.82) is 0 Å². The summed E-state index contributed by atoms with van der Waals surface area (Å²) in [5.74, 6) is 0.405. The molecule has 0 aliphatic carbocycles. The van der Waals surface area contributed by atoms with Gasteiger partial charge in [0.25, 0.3) is 0 Å². The number of halogens is 5. The number of fused-ring (bicyclic) bond motifs is 2. The summed E-state index contributed by atoms with van der Waals surface area (Å²) in [7, 11) is 3.10. The number of primary amides is 1. The molecule has 2 aromatic carbocycles. The normalized spacial score (nSPS) is 21.2. The Morgan fingerprint density at radius 3 is 2.17 bits per heavy atom. The van der Waals surface area contributed by atoms with Gasteiger partial charge in [0, 0.05) is 38.8 Å². The Labute approximate surface area is 380 Å². The van der Waals surface area contributed by atoms with Crippen LogP contribution in [0.4, 0.5) is 38.4 Å². The second-order valence-corrected chi connectivity index (χ2v) is 18.6. The zero-order valence-electron chi connectivity index (χ0n) is 37.9. The second-order valence-electron chi connectivity index (χ2n) is 18.6. The van der Waals surface area contributed by atoms with Crippen LogP contribution in [0.3, 0.4) is 0 Å². The summed E-state index contributed by atoms with van der Waals surface area (Å²) in [5.41, 5.74) is 2.86. The van der Waals surface area contributed by atoms with Crippen LogP contribution >= 0.6 is 0 Å². The molecule has 3 aliphatic rings. The predicted octanol–water partition coefficient (Wildman–Crippen LogP) is 9.21. The fourth-order valence-electron chi connectivity index (χ4n) is 10.1. The molecule has 2 N–H and O–H groups in total. The van der Waals surface area contributed by atoms with Crippen molar-refractivity contribution in [3.8, 4) is 28.9 Å². The molecule has 0 spiro atoms. The number of methoxy groups -OCH3 is 2. The first kappa shape index (κ1) is 46.5. The van der Waals surface area contributed by atoms with Crippen LogP contribution in [0.15, 0.2) is 60.8 Å². The Kier molecular flexibility index (Phi) is 12.9. The van der Waals surface area contributed by atoms with Gasteiger partial charge in [0.1, 0.15) is 58.9 Å². The zero-order valence-corrected chi connectivity index (χ0v) is 37.9. The molecule has 0 bridgehead atoms. The van der Waals surface area contributed by atoms with E-state index in [1.165, 1.54) is 19.2 Å². The van der Waals surface area contributed by atoms with Crippen LogP contribution in [0.25, 0.3) is 22.3 Å². The van der Waals surface area contributed by atoms with Crippen molar-refractivity contribution < 1.29 is 45.7 Å².